The van der Waals surface area contributed by atoms with E-state index in [0.29, 0.717) is 28.3 Å². The fourth-order valence-electron chi connectivity index (χ4n) is 2.94. The topological polar surface area (TPSA) is 81.3 Å². The lowest BCUT2D eigenvalue weighted by Crippen LogP contribution is -2.13. The van der Waals surface area contributed by atoms with Gasteiger partial charge in [0.05, 0.1) is 17.9 Å². The molecule has 3 rings (SSSR count). The van der Waals surface area contributed by atoms with Gasteiger partial charge in [-0.15, -0.1) is 11.3 Å². The number of aromatic nitrogens is 2. The molecule has 7 heteroatoms. The Balaban J connectivity index is 1.67. The molecule has 0 fully saturated rings. The molecule has 2 heterocycles. The fraction of sp³-hybridized carbons (Fsp3) is 0.286. The Morgan fingerprint density at radius 2 is 1.86 bits per heavy atom. The van der Waals surface area contributed by atoms with Gasteiger partial charge in [-0.05, 0) is 57.5 Å². The van der Waals surface area contributed by atoms with Crippen LogP contribution in [0.1, 0.15) is 44.7 Å². The number of hydrogen-bond donors (Lipinski definition) is 1. The van der Waals surface area contributed by atoms with Gasteiger partial charge in [-0.25, -0.2) is 9.78 Å². The molecule has 0 aliphatic heterocycles. The largest absolute Gasteiger partial charge is 0.485 e. The highest BCUT2D eigenvalue weighted by Crippen LogP contribution is 2.26. The summed E-state index contributed by atoms with van der Waals surface area (Å²) in [5, 5.41) is 2.95. The zero-order valence-corrected chi connectivity index (χ0v) is 17.1. The maximum absolute atomic E-state index is 12.6. The Hall–Kier alpha value is -2.93. The smallest absolute Gasteiger partial charge is 0.340 e. The summed E-state index contributed by atoms with van der Waals surface area (Å²) in [5.41, 5.74) is 3.97. The molecule has 0 atom stereocenters. The van der Waals surface area contributed by atoms with E-state index in [2.05, 4.69) is 9.97 Å². The molecular formula is C21H22N2O4S. The summed E-state index contributed by atoms with van der Waals surface area (Å²) in [6.45, 7) is 7.34. The summed E-state index contributed by atoms with van der Waals surface area (Å²) in [6, 6.07) is 7.47. The maximum Gasteiger partial charge on any atom is 0.340 e. The van der Waals surface area contributed by atoms with Crippen molar-refractivity contribution in [1.29, 1.82) is 0 Å². The van der Waals surface area contributed by atoms with Crippen LogP contribution in [-0.4, -0.2) is 34.9 Å². The molecule has 2 aromatic heterocycles. The van der Waals surface area contributed by atoms with Gasteiger partial charge in [-0.2, -0.15) is 0 Å². The summed E-state index contributed by atoms with van der Waals surface area (Å²) < 4.78 is 10.7. The number of rotatable bonds is 7. The molecule has 0 spiro atoms. The van der Waals surface area contributed by atoms with Crippen molar-refractivity contribution < 1.29 is 19.1 Å². The lowest BCUT2D eigenvalue weighted by Gasteiger charge is -2.06. The molecule has 0 amide bonds. The summed E-state index contributed by atoms with van der Waals surface area (Å²) in [6.07, 6.45) is 0. The first-order chi connectivity index (χ1) is 13.4. The van der Waals surface area contributed by atoms with E-state index in [1.807, 2.05) is 36.6 Å². The monoisotopic (exact) mass is 398 g/mol. The van der Waals surface area contributed by atoms with Crippen LogP contribution >= 0.6 is 11.3 Å². The molecule has 0 saturated carbocycles. The van der Waals surface area contributed by atoms with Crippen molar-refractivity contribution in [3.8, 4) is 16.3 Å². The first-order valence-electron chi connectivity index (χ1n) is 8.95. The Morgan fingerprint density at radius 1 is 1.14 bits per heavy atom. The Labute approximate surface area is 167 Å². The minimum absolute atomic E-state index is 0.126. The van der Waals surface area contributed by atoms with Crippen molar-refractivity contribution in [2.75, 3.05) is 13.2 Å². The minimum atomic E-state index is -0.429. The van der Waals surface area contributed by atoms with Gasteiger partial charge in [0.25, 0.3) is 0 Å². The van der Waals surface area contributed by atoms with Crippen molar-refractivity contribution in [3.63, 3.8) is 0 Å². The predicted molar refractivity (Wildman–Crippen MR) is 108 cm³/mol. The van der Waals surface area contributed by atoms with Gasteiger partial charge >= 0.3 is 5.97 Å². The molecule has 0 bridgehead atoms. The van der Waals surface area contributed by atoms with Gasteiger partial charge in [0, 0.05) is 22.3 Å². The van der Waals surface area contributed by atoms with E-state index in [4.69, 9.17) is 9.47 Å². The van der Waals surface area contributed by atoms with E-state index in [9.17, 15) is 9.59 Å². The number of ketones is 1. The van der Waals surface area contributed by atoms with Crippen LogP contribution in [-0.2, 0) is 4.74 Å². The van der Waals surface area contributed by atoms with Crippen molar-refractivity contribution in [3.05, 3.63) is 57.9 Å². The van der Waals surface area contributed by atoms with Gasteiger partial charge in [0.15, 0.2) is 6.61 Å². The third-order valence-electron chi connectivity index (χ3n) is 4.29. The second-order valence-corrected chi connectivity index (χ2v) is 7.23. The number of carbonyl (C=O) groups excluding carboxylic acids is 2. The molecule has 28 heavy (non-hydrogen) atoms. The predicted octanol–water partition coefficient (Wildman–Crippen LogP) is 4.50. The molecule has 6 nitrogen and oxygen atoms in total. The molecule has 1 aromatic carbocycles. The van der Waals surface area contributed by atoms with E-state index in [0.717, 1.165) is 16.3 Å². The molecule has 0 radical (unpaired) electrons. The van der Waals surface area contributed by atoms with Gasteiger partial charge in [0.1, 0.15) is 10.8 Å². The number of benzene rings is 1. The van der Waals surface area contributed by atoms with Crippen molar-refractivity contribution >= 4 is 23.1 Å². The number of nitrogens with one attached hydrogen (secondary N) is 1. The number of aryl methyl sites for hydroxylation is 2. The molecule has 1 N–H and O–H groups in total. The summed E-state index contributed by atoms with van der Waals surface area (Å²) >= 11 is 1.59. The lowest BCUT2D eigenvalue weighted by molar-refractivity contribution is 0.0525. The van der Waals surface area contributed by atoms with Crippen LogP contribution in [0.3, 0.4) is 0 Å². The quantitative estimate of drug-likeness (QED) is 0.468. The van der Waals surface area contributed by atoms with Gasteiger partial charge in [-0.1, -0.05) is 0 Å². The highest BCUT2D eigenvalue weighted by molar-refractivity contribution is 7.13. The summed E-state index contributed by atoms with van der Waals surface area (Å²) in [7, 11) is 0. The second kappa shape index (κ2) is 8.39. The molecule has 0 saturated heterocycles. The fourth-order valence-corrected chi connectivity index (χ4v) is 3.74. The third kappa shape index (κ3) is 4.14. The Kier molecular flexibility index (Phi) is 5.94. The highest BCUT2D eigenvalue weighted by atomic mass is 32.1. The highest BCUT2D eigenvalue weighted by Gasteiger charge is 2.23. The average Bonchev–Trinajstić information content (AvgIpc) is 3.23. The van der Waals surface area contributed by atoms with Gasteiger partial charge in [0.2, 0.25) is 5.78 Å². The van der Waals surface area contributed by atoms with Crippen LogP contribution in [0.4, 0.5) is 0 Å². The van der Waals surface area contributed by atoms with Crippen LogP contribution in [0.25, 0.3) is 10.6 Å². The van der Waals surface area contributed by atoms with Crippen LogP contribution in [0, 0.1) is 20.8 Å². The molecule has 0 aliphatic carbocycles. The number of Topliss-reactive ketones (excluding diaryl/α,β-unsaturated/α-hetero) is 1. The van der Waals surface area contributed by atoms with Crippen molar-refractivity contribution in [1.82, 2.24) is 9.97 Å². The first kappa shape index (κ1) is 19.8. The maximum atomic E-state index is 12.6. The minimum Gasteiger partial charge on any atom is -0.485 e. The third-order valence-corrected chi connectivity index (χ3v) is 5.30. The summed E-state index contributed by atoms with van der Waals surface area (Å²) in [5.74, 6) is -0.0607. The van der Waals surface area contributed by atoms with Crippen LogP contribution in [0.15, 0.2) is 29.6 Å². The Bertz CT molecular complexity index is 1000. The lowest BCUT2D eigenvalue weighted by atomic mass is 10.1. The van der Waals surface area contributed by atoms with E-state index in [-0.39, 0.29) is 19.0 Å². The number of carbonyl (C=O) groups is 2. The molecule has 3 aromatic rings. The summed E-state index contributed by atoms with van der Waals surface area (Å²) in [4.78, 5) is 32.1. The number of aromatic amines is 1. The number of ether oxygens (including phenoxy) is 2. The van der Waals surface area contributed by atoms with Gasteiger partial charge in [-0.3, -0.25) is 4.79 Å². The number of nitrogens with zero attached hydrogens (tertiary/aromatic N) is 1. The molecule has 146 valence electrons. The van der Waals surface area contributed by atoms with Crippen LogP contribution < -0.4 is 4.74 Å². The van der Waals surface area contributed by atoms with Gasteiger partial charge < -0.3 is 14.5 Å². The average molecular weight is 398 g/mol. The molecule has 0 aliphatic rings. The normalized spacial score (nSPS) is 10.7. The number of H-pyrrole nitrogens is 1. The van der Waals surface area contributed by atoms with E-state index >= 15 is 0 Å². The molecular weight excluding hydrogens is 376 g/mol. The first-order valence-corrected chi connectivity index (χ1v) is 9.83. The standard InChI is InChI=1S/C21H22N2O4S/c1-5-26-21(25)18-13(3)19(23-14(18)4)17(24)10-27-16-8-6-15(7-9-16)20-22-12(2)11-28-20/h6-9,11,23H,5,10H2,1-4H3. The number of thiazole rings is 1. The number of esters is 1. The van der Waals surface area contributed by atoms with E-state index in [1.54, 1.807) is 32.1 Å². The SMILES string of the molecule is CCOC(=O)c1c(C)[nH]c(C(=O)COc2ccc(-c3nc(C)cs3)cc2)c1C. The van der Waals surface area contributed by atoms with Crippen LogP contribution in [0.2, 0.25) is 0 Å². The van der Waals surface area contributed by atoms with E-state index in [1.165, 1.54) is 0 Å². The number of hydrogen-bond acceptors (Lipinski definition) is 6. The zero-order valence-electron chi connectivity index (χ0n) is 16.3. The zero-order chi connectivity index (χ0) is 20.3. The molecule has 0 unspecified atom stereocenters. The van der Waals surface area contributed by atoms with Crippen molar-refractivity contribution in [2.45, 2.75) is 27.7 Å². The van der Waals surface area contributed by atoms with Crippen molar-refractivity contribution in [2.24, 2.45) is 0 Å². The Morgan fingerprint density at radius 3 is 2.46 bits per heavy atom. The van der Waals surface area contributed by atoms with E-state index < -0.39 is 5.97 Å². The second-order valence-electron chi connectivity index (χ2n) is 6.38. The van der Waals surface area contributed by atoms with Crippen LogP contribution in [0.5, 0.6) is 5.75 Å².